The van der Waals surface area contributed by atoms with Crippen molar-refractivity contribution in [3.63, 3.8) is 0 Å². The van der Waals surface area contributed by atoms with Gasteiger partial charge in [-0.05, 0) is 74.6 Å². The molecule has 0 radical (unpaired) electrons. The molecule has 0 amide bonds. The molecule has 0 aliphatic carbocycles. The van der Waals surface area contributed by atoms with Crippen molar-refractivity contribution in [2.24, 2.45) is 0 Å². The van der Waals surface area contributed by atoms with Gasteiger partial charge in [0, 0.05) is 49.9 Å². The highest BCUT2D eigenvalue weighted by molar-refractivity contribution is 6.18. The summed E-state index contributed by atoms with van der Waals surface area (Å²) in [7, 11) is 0. The smallest absolute Gasteiger partial charge is 0.164 e. The SMILES string of the molecule is c1ccc(-c2ccc(-c3nc(-c4ccccc4)nc(-c4cccc5oc6cc(-n7c8cc9ccccc9cc8c8cc9ccccc9cc87)c(-c7ccccc7)cc6c45)n3)cc2)cc1. The van der Waals surface area contributed by atoms with E-state index in [2.05, 4.69) is 174 Å². The molecule has 13 aromatic rings. The van der Waals surface area contributed by atoms with Gasteiger partial charge in [-0.25, -0.2) is 15.0 Å². The zero-order valence-corrected chi connectivity index (χ0v) is 34.5. The lowest BCUT2D eigenvalue weighted by atomic mass is 9.98. The third kappa shape index (κ3) is 5.90. The van der Waals surface area contributed by atoms with E-state index in [-0.39, 0.29) is 0 Å². The normalized spacial score (nSPS) is 11.8. The van der Waals surface area contributed by atoms with Gasteiger partial charge < -0.3 is 8.98 Å². The molecular formula is C59H36N4O. The van der Waals surface area contributed by atoms with Crippen molar-refractivity contribution < 1.29 is 4.42 Å². The first-order valence-corrected chi connectivity index (χ1v) is 21.6. The lowest BCUT2D eigenvalue weighted by Gasteiger charge is -2.15. The Bertz CT molecular complexity index is 3840. The van der Waals surface area contributed by atoms with Gasteiger partial charge in [-0.15, -0.1) is 0 Å². The van der Waals surface area contributed by atoms with Gasteiger partial charge in [0.1, 0.15) is 11.2 Å². The van der Waals surface area contributed by atoms with Crippen LogP contribution < -0.4 is 0 Å². The van der Waals surface area contributed by atoms with Crippen LogP contribution in [0.15, 0.2) is 223 Å². The summed E-state index contributed by atoms with van der Waals surface area (Å²) in [6, 6.07) is 77.0. The van der Waals surface area contributed by atoms with Crippen LogP contribution in [0.1, 0.15) is 0 Å². The Morgan fingerprint density at radius 3 is 1.38 bits per heavy atom. The number of hydrogen-bond acceptors (Lipinski definition) is 4. The minimum absolute atomic E-state index is 0.579. The lowest BCUT2D eigenvalue weighted by molar-refractivity contribution is 0.668. The summed E-state index contributed by atoms with van der Waals surface area (Å²) >= 11 is 0. The molecule has 298 valence electrons. The van der Waals surface area contributed by atoms with E-state index < -0.39 is 0 Å². The number of furan rings is 1. The van der Waals surface area contributed by atoms with E-state index >= 15 is 0 Å². The van der Waals surface area contributed by atoms with E-state index in [9.17, 15) is 0 Å². The maximum Gasteiger partial charge on any atom is 0.164 e. The minimum atomic E-state index is 0.579. The lowest BCUT2D eigenvalue weighted by Crippen LogP contribution is -2.00. The molecule has 3 aromatic heterocycles. The number of rotatable bonds is 6. The van der Waals surface area contributed by atoms with Crippen LogP contribution >= 0.6 is 0 Å². The first kappa shape index (κ1) is 36.0. The summed E-state index contributed by atoms with van der Waals surface area (Å²) < 4.78 is 9.35. The number of benzene rings is 10. The van der Waals surface area contributed by atoms with Crippen molar-refractivity contribution in [3.8, 4) is 62.1 Å². The summed E-state index contributed by atoms with van der Waals surface area (Å²) in [6.45, 7) is 0. The second-order valence-electron chi connectivity index (χ2n) is 16.4. The Hall–Kier alpha value is -8.67. The summed E-state index contributed by atoms with van der Waals surface area (Å²) in [6.07, 6.45) is 0. The van der Waals surface area contributed by atoms with Gasteiger partial charge in [-0.2, -0.15) is 0 Å². The third-order valence-electron chi connectivity index (χ3n) is 12.6. The molecule has 0 fully saturated rings. The van der Waals surface area contributed by atoms with Crippen molar-refractivity contribution in [1.82, 2.24) is 19.5 Å². The number of nitrogens with zero attached hydrogens (tertiary/aromatic N) is 4. The molecule has 5 heteroatoms. The Labute approximate surface area is 368 Å². The minimum Gasteiger partial charge on any atom is -0.456 e. The van der Waals surface area contributed by atoms with Gasteiger partial charge in [0.05, 0.1) is 16.7 Å². The quantitative estimate of drug-likeness (QED) is 0.168. The Morgan fingerprint density at radius 2 is 0.781 bits per heavy atom. The van der Waals surface area contributed by atoms with E-state index in [4.69, 9.17) is 19.4 Å². The highest BCUT2D eigenvalue weighted by Crippen LogP contribution is 2.44. The zero-order valence-electron chi connectivity index (χ0n) is 34.5. The van der Waals surface area contributed by atoms with Crippen molar-refractivity contribution in [1.29, 1.82) is 0 Å². The number of fused-ring (bicyclic) bond motifs is 8. The maximum absolute atomic E-state index is 6.91. The van der Waals surface area contributed by atoms with Gasteiger partial charge in [0.25, 0.3) is 0 Å². The Morgan fingerprint density at radius 1 is 0.312 bits per heavy atom. The van der Waals surface area contributed by atoms with E-state index in [1.807, 2.05) is 48.5 Å². The molecule has 0 spiro atoms. The van der Waals surface area contributed by atoms with Crippen molar-refractivity contribution in [3.05, 3.63) is 218 Å². The van der Waals surface area contributed by atoms with Crippen LogP contribution in [-0.4, -0.2) is 19.5 Å². The van der Waals surface area contributed by atoms with E-state index in [1.54, 1.807) is 0 Å². The van der Waals surface area contributed by atoms with Crippen molar-refractivity contribution in [2.75, 3.05) is 0 Å². The molecule has 5 nitrogen and oxygen atoms in total. The highest BCUT2D eigenvalue weighted by Gasteiger charge is 2.23. The fraction of sp³-hybridized carbons (Fsp3) is 0. The molecule has 0 N–H and O–H groups in total. The molecule has 0 atom stereocenters. The van der Waals surface area contributed by atoms with Crippen LogP contribution in [0, 0.1) is 0 Å². The Kier molecular flexibility index (Phi) is 8.15. The molecule has 0 aliphatic heterocycles. The molecule has 13 rings (SSSR count). The summed E-state index contributed by atoms with van der Waals surface area (Å²) in [5, 5.41) is 9.17. The maximum atomic E-state index is 6.91. The van der Waals surface area contributed by atoms with E-state index in [0.717, 1.165) is 77.6 Å². The van der Waals surface area contributed by atoms with Crippen LogP contribution in [0.5, 0.6) is 0 Å². The second kappa shape index (κ2) is 14.5. The standard InChI is InChI=1S/C59H36N4O/c1-4-15-37(16-5-1)38-27-29-41(30-28-38)58-60-57(40-19-8-3-9-20-40)61-59(62-58)46-25-14-26-54-56(46)50-35-47(39-17-6-2-7-18-39)53(36-55(50)64-54)63-51-33-44-23-12-10-21-42(44)31-48(51)49-32-43-22-11-13-24-45(43)34-52(49)63/h1-36H. The number of hydrogen-bond donors (Lipinski definition) is 0. The summed E-state index contributed by atoms with van der Waals surface area (Å²) in [4.78, 5) is 15.5. The first-order chi connectivity index (χ1) is 31.7. The van der Waals surface area contributed by atoms with Crippen LogP contribution in [0.4, 0.5) is 0 Å². The predicted molar refractivity (Wildman–Crippen MR) is 264 cm³/mol. The molecule has 0 saturated heterocycles. The molecule has 0 bridgehead atoms. The molecule has 64 heavy (non-hydrogen) atoms. The van der Waals surface area contributed by atoms with Gasteiger partial charge >= 0.3 is 0 Å². The second-order valence-corrected chi connectivity index (χ2v) is 16.4. The van der Waals surface area contributed by atoms with Crippen LogP contribution in [0.25, 0.3) is 127 Å². The van der Waals surface area contributed by atoms with Gasteiger partial charge in [0.2, 0.25) is 0 Å². The first-order valence-electron chi connectivity index (χ1n) is 21.6. The van der Waals surface area contributed by atoms with Gasteiger partial charge in [-0.1, -0.05) is 176 Å². The average Bonchev–Trinajstić information content (AvgIpc) is 3.89. The predicted octanol–water partition coefficient (Wildman–Crippen LogP) is 15.5. The monoisotopic (exact) mass is 816 g/mol. The third-order valence-corrected chi connectivity index (χ3v) is 12.6. The average molecular weight is 817 g/mol. The fourth-order valence-electron chi connectivity index (χ4n) is 9.51. The molecular weight excluding hydrogens is 781 g/mol. The molecule has 3 heterocycles. The fourth-order valence-corrected chi connectivity index (χ4v) is 9.51. The molecule has 0 aliphatic rings. The molecule has 10 aromatic carbocycles. The van der Waals surface area contributed by atoms with Crippen molar-refractivity contribution >= 4 is 65.3 Å². The van der Waals surface area contributed by atoms with E-state index in [0.29, 0.717) is 17.5 Å². The largest absolute Gasteiger partial charge is 0.456 e. The summed E-state index contributed by atoms with van der Waals surface area (Å²) in [5.74, 6) is 1.79. The number of aromatic nitrogens is 4. The zero-order chi connectivity index (χ0) is 42.1. The topological polar surface area (TPSA) is 56.7 Å². The highest BCUT2D eigenvalue weighted by atomic mass is 16.3. The van der Waals surface area contributed by atoms with Crippen LogP contribution in [0.2, 0.25) is 0 Å². The molecule has 0 saturated carbocycles. The van der Waals surface area contributed by atoms with Crippen molar-refractivity contribution in [2.45, 2.75) is 0 Å². The van der Waals surface area contributed by atoms with Crippen LogP contribution in [0.3, 0.4) is 0 Å². The molecule has 0 unspecified atom stereocenters. The summed E-state index contributed by atoms with van der Waals surface area (Å²) in [5.41, 5.74) is 12.0. The van der Waals surface area contributed by atoms with Gasteiger partial charge in [0.15, 0.2) is 17.5 Å². The Balaban J connectivity index is 1.06. The van der Waals surface area contributed by atoms with Gasteiger partial charge in [-0.3, -0.25) is 0 Å². The van der Waals surface area contributed by atoms with E-state index in [1.165, 1.54) is 32.3 Å². The van der Waals surface area contributed by atoms with Crippen LogP contribution in [-0.2, 0) is 0 Å².